The van der Waals surface area contributed by atoms with Crippen LogP contribution in [0.15, 0.2) is 105 Å². The van der Waals surface area contributed by atoms with Crippen LogP contribution in [0.5, 0.6) is 0 Å². The molecule has 4 aromatic rings. The number of benzene rings is 4. The second kappa shape index (κ2) is 19.1. The normalized spacial score (nSPS) is 18.5. The second-order valence-corrected chi connectivity index (χ2v) is 24.7. The molecule has 1 unspecified atom stereocenters. The van der Waals surface area contributed by atoms with Gasteiger partial charge in [-0.25, -0.2) is 8.42 Å². The van der Waals surface area contributed by atoms with Gasteiger partial charge in [-0.15, -0.1) is 0 Å². The summed E-state index contributed by atoms with van der Waals surface area (Å²) in [5.41, 5.74) is 1.06. The van der Waals surface area contributed by atoms with E-state index in [1.54, 1.807) is 67.0 Å². The molecule has 2 aliphatic heterocycles. The first-order chi connectivity index (χ1) is 31.3. The number of carbonyl (C=O) groups is 1. The Kier molecular flexibility index (Phi) is 14.8. The summed E-state index contributed by atoms with van der Waals surface area (Å²) in [5.74, 6) is -2.26. The molecule has 5 N–H and O–H groups in total. The zero-order valence-electron chi connectivity index (χ0n) is 36.9. The molecule has 0 aromatic heterocycles. The van der Waals surface area contributed by atoms with Gasteiger partial charge in [0.25, 0.3) is 40.5 Å². The van der Waals surface area contributed by atoms with Gasteiger partial charge in [0.2, 0.25) is 5.69 Å². The number of nitrogens with zero attached hydrogens (tertiary/aromatic N) is 2. The van der Waals surface area contributed by atoms with Crippen LogP contribution in [0.25, 0.3) is 21.5 Å². The lowest BCUT2D eigenvalue weighted by molar-refractivity contribution is -0.437. The van der Waals surface area contributed by atoms with Crippen molar-refractivity contribution in [1.29, 1.82) is 0 Å². The molecule has 19 nitrogen and oxygen atoms in total. The number of carboxylic acid groups (broad SMARTS) is 1. The van der Waals surface area contributed by atoms with Gasteiger partial charge in [0, 0.05) is 65.0 Å². The van der Waals surface area contributed by atoms with Crippen LogP contribution in [0.2, 0.25) is 0 Å². The van der Waals surface area contributed by atoms with E-state index in [0.29, 0.717) is 76.4 Å². The van der Waals surface area contributed by atoms with Crippen LogP contribution < -0.4 is 4.90 Å². The molecule has 2 aliphatic rings. The molecule has 0 fully saturated rings. The highest BCUT2D eigenvalue weighted by molar-refractivity contribution is 7.87. The van der Waals surface area contributed by atoms with Gasteiger partial charge in [0.05, 0.1) is 31.1 Å². The summed E-state index contributed by atoms with van der Waals surface area (Å²) >= 11 is 0. The predicted molar refractivity (Wildman–Crippen MR) is 252 cm³/mol. The average Bonchev–Trinajstić information content (AvgIpc) is 3.57. The number of allylic oxidation sites excluding steroid dienone is 6. The van der Waals surface area contributed by atoms with Gasteiger partial charge < -0.3 is 14.6 Å². The minimum atomic E-state index is -5.04. The first-order valence-electron chi connectivity index (χ1n) is 21.0. The third kappa shape index (κ3) is 11.4. The van der Waals surface area contributed by atoms with Crippen LogP contribution >= 0.6 is 0 Å². The Balaban J connectivity index is 1.49. The summed E-state index contributed by atoms with van der Waals surface area (Å²) in [6, 6.07) is 12.3. The van der Waals surface area contributed by atoms with Crippen molar-refractivity contribution in [2.45, 2.75) is 91.2 Å². The largest absolute Gasteiger partial charge is 0.748 e. The zero-order valence-corrected chi connectivity index (χ0v) is 41.0. The van der Waals surface area contributed by atoms with Crippen molar-refractivity contribution >= 4 is 95.2 Å². The van der Waals surface area contributed by atoms with E-state index in [1.165, 1.54) is 24.3 Å². The van der Waals surface area contributed by atoms with Crippen LogP contribution in [-0.4, -0.2) is 111 Å². The highest BCUT2D eigenvalue weighted by atomic mass is 32.2. The van der Waals surface area contributed by atoms with Gasteiger partial charge in [0.15, 0.2) is 5.71 Å². The summed E-state index contributed by atoms with van der Waals surface area (Å²) in [4.78, 5) is 11.2. The summed E-state index contributed by atoms with van der Waals surface area (Å²) in [6.45, 7) is 5.41. The number of hydrogen-bond donors (Lipinski definition) is 5. The smallest absolute Gasteiger partial charge is 0.303 e. The maximum absolute atomic E-state index is 12.5. The number of anilines is 1. The first-order valence-corrected chi connectivity index (χ1v) is 28.5. The SMILES string of the molecule is CC1(C)C(/C=C/C=C/C=C2/N(CCCS(=O)(=O)[O-])c3ccc4ccc(S(=O)(=O)O)cc4c3C2(C)CCCCCC(=O)O)=[N+](CCCS(=O)(=O)O)c2ccc3c(S(=O)(=O)O)cc(S(=O)(=O)O)cc3c21. The molecule has 0 aliphatic carbocycles. The summed E-state index contributed by atoms with van der Waals surface area (Å²) in [5, 5.41) is 10.3. The maximum atomic E-state index is 12.5. The Hall–Kier alpha value is -4.89. The first kappa shape index (κ1) is 52.5. The van der Waals surface area contributed by atoms with Crippen molar-refractivity contribution in [3.63, 3.8) is 0 Å². The van der Waals surface area contributed by atoms with Crippen molar-refractivity contribution in [3.05, 3.63) is 102 Å². The Morgan fingerprint density at radius 1 is 0.691 bits per heavy atom. The van der Waals surface area contributed by atoms with Gasteiger partial charge in [-0.2, -0.15) is 38.2 Å². The molecule has 0 amide bonds. The number of aliphatic carboxylic acids is 1. The monoisotopic (exact) mass is 1040 g/mol. The number of rotatable bonds is 20. The van der Waals surface area contributed by atoms with Gasteiger partial charge in [-0.05, 0) is 104 Å². The molecule has 0 radical (unpaired) electrons. The highest BCUT2D eigenvalue weighted by Crippen LogP contribution is 2.54. The van der Waals surface area contributed by atoms with Crippen LogP contribution in [-0.2, 0) is 66.2 Å². The van der Waals surface area contributed by atoms with Crippen molar-refractivity contribution in [2.75, 3.05) is 29.5 Å². The molecule has 24 heteroatoms. The standard InChI is InChI=1S/C44H50N2O17S5/c1-43(2)38(45(22-10-24-64(49,50)51)35-20-18-32-34(41(35)43)27-31(67(58,59)60)28-37(32)68(61,62)63)12-6-4-7-13-39-44(3,21-9-5-8-14-40(47)48)42-33-26-30(66(55,56)57)17-15-29(33)16-19-36(42)46(39)23-11-25-65(52,53)54/h4,6-7,12-13,15-20,26-28H,5,8-11,14,21-25H2,1-3H3,(H5-,47,48,49,50,51,52,53,54,55,56,57,58,59,60,61,62,63). The van der Waals surface area contributed by atoms with Crippen LogP contribution in [0.1, 0.15) is 76.8 Å². The van der Waals surface area contributed by atoms with E-state index in [1.807, 2.05) is 11.8 Å². The fourth-order valence-corrected chi connectivity index (χ4v) is 12.2. The van der Waals surface area contributed by atoms with Crippen molar-refractivity contribution in [3.8, 4) is 0 Å². The average molecular weight is 1040 g/mol. The van der Waals surface area contributed by atoms with Crippen molar-refractivity contribution in [2.24, 2.45) is 0 Å². The highest BCUT2D eigenvalue weighted by Gasteiger charge is 2.47. The molecule has 68 heavy (non-hydrogen) atoms. The van der Waals surface area contributed by atoms with Gasteiger partial charge in [0.1, 0.15) is 11.4 Å². The lowest BCUT2D eigenvalue weighted by Gasteiger charge is -2.31. The van der Waals surface area contributed by atoms with E-state index in [2.05, 4.69) is 0 Å². The van der Waals surface area contributed by atoms with Crippen LogP contribution in [0.4, 0.5) is 11.4 Å². The van der Waals surface area contributed by atoms with Gasteiger partial charge >= 0.3 is 5.97 Å². The van der Waals surface area contributed by atoms with Crippen molar-refractivity contribution < 1.29 is 79.3 Å². The summed E-state index contributed by atoms with van der Waals surface area (Å²) in [6.07, 6.45) is 9.95. The van der Waals surface area contributed by atoms with E-state index >= 15 is 0 Å². The van der Waals surface area contributed by atoms with E-state index in [4.69, 9.17) is 0 Å². The molecule has 4 aromatic carbocycles. The molecular weight excluding hydrogens is 989 g/mol. The topological polar surface area (TPSA) is 318 Å². The predicted octanol–water partition coefficient (Wildman–Crippen LogP) is 6.13. The van der Waals surface area contributed by atoms with Gasteiger partial charge in [-0.1, -0.05) is 43.2 Å². The van der Waals surface area contributed by atoms with Crippen LogP contribution in [0.3, 0.4) is 0 Å². The molecule has 368 valence electrons. The molecule has 0 saturated carbocycles. The lowest BCUT2D eigenvalue weighted by atomic mass is 9.75. The number of hydrogen-bond acceptors (Lipinski definition) is 13. The molecule has 1 atom stereocenters. The minimum Gasteiger partial charge on any atom is -0.748 e. The lowest BCUT2D eigenvalue weighted by Crippen LogP contribution is -2.30. The Morgan fingerprint density at radius 3 is 1.97 bits per heavy atom. The Labute approximate surface area is 394 Å². The maximum Gasteiger partial charge on any atom is 0.303 e. The van der Waals surface area contributed by atoms with Crippen molar-refractivity contribution in [1.82, 2.24) is 0 Å². The Bertz CT molecular complexity index is 3430. The van der Waals surface area contributed by atoms with Gasteiger partial charge in [-0.3, -0.25) is 23.0 Å². The fourth-order valence-electron chi connectivity index (χ4n) is 9.41. The second-order valence-electron chi connectivity index (χ2n) is 17.4. The summed E-state index contributed by atoms with van der Waals surface area (Å²) in [7, 11) is -23.7. The molecule has 0 bridgehead atoms. The third-order valence-electron chi connectivity index (χ3n) is 12.3. The number of unbranched alkanes of at least 4 members (excludes halogenated alkanes) is 2. The van der Waals surface area contributed by atoms with E-state index < -0.39 is 88.7 Å². The molecule has 0 spiro atoms. The number of carboxylic acids is 1. The Morgan fingerprint density at radius 2 is 1.35 bits per heavy atom. The van der Waals surface area contributed by atoms with Crippen LogP contribution in [0, 0.1) is 0 Å². The third-order valence-corrected chi connectivity index (χ3v) is 16.5. The fraction of sp³-hybridized carbons (Fsp3) is 0.364. The number of fused-ring (bicyclic) bond motifs is 6. The van der Waals surface area contributed by atoms with E-state index in [-0.39, 0.29) is 48.0 Å². The molecule has 6 rings (SSSR count). The quantitative estimate of drug-likeness (QED) is 0.0287. The summed E-state index contributed by atoms with van der Waals surface area (Å²) < 4.78 is 175. The molecule has 0 saturated heterocycles. The minimum absolute atomic E-state index is 0.0112. The van der Waals surface area contributed by atoms with E-state index in [0.717, 1.165) is 6.07 Å². The molecular formula is C44H50N2O17S5. The molecule has 2 heterocycles. The zero-order chi connectivity index (χ0) is 50.4. The van der Waals surface area contributed by atoms with E-state index in [9.17, 15) is 74.8 Å².